The van der Waals surface area contributed by atoms with Crippen molar-refractivity contribution < 1.29 is 21.7 Å². The highest BCUT2D eigenvalue weighted by Gasteiger charge is 2.32. The smallest absolute Gasteiger partial charge is 0.258 e. The number of pyridine rings is 1. The van der Waals surface area contributed by atoms with E-state index in [-0.39, 0.29) is 12.5 Å². The van der Waals surface area contributed by atoms with Gasteiger partial charge in [0.2, 0.25) is 10.0 Å². The molecule has 1 saturated heterocycles. The largest absolute Gasteiger partial charge is 0.334 e. The number of aromatic nitrogens is 3. The fourth-order valence-corrected chi connectivity index (χ4v) is 5.20. The number of nitrogens with zero attached hydrogens (tertiary/aromatic N) is 4. The van der Waals surface area contributed by atoms with Gasteiger partial charge in [0.25, 0.3) is 5.89 Å². The first-order chi connectivity index (χ1) is 14.4. The van der Waals surface area contributed by atoms with E-state index in [9.17, 15) is 17.2 Å². The average molecular weight is 434 g/mol. The van der Waals surface area contributed by atoms with Crippen molar-refractivity contribution in [2.24, 2.45) is 5.92 Å². The van der Waals surface area contributed by atoms with Gasteiger partial charge in [0, 0.05) is 43.5 Å². The van der Waals surface area contributed by atoms with Gasteiger partial charge in [0.05, 0.1) is 0 Å². The van der Waals surface area contributed by atoms with E-state index in [1.807, 2.05) is 0 Å². The third-order valence-electron chi connectivity index (χ3n) is 5.17. The number of rotatable bonds is 6. The van der Waals surface area contributed by atoms with E-state index >= 15 is 0 Å². The topological polar surface area (TPSA) is 89.2 Å². The number of aryl methyl sites for hydroxylation is 1. The third kappa shape index (κ3) is 4.39. The van der Waals surface area contributed by atoms with Gasteiger partial charge in [0.1, 0.15) is 16.5 Å². The number of halogens is 2. The van der Waals surface area contributed by atoms with E-state index in [0.717, 1.165) is 24.1 Å². The fraction of sp³-hybridized carbons (Fsp3) is 0.350. The van der Waals surface area contributed by atoms with Gasteiger partial charge >= 0.3 is 0 Å². The van der Waals surface area contributed by atoms with Gasteiger partial charge in [-0.3, -0.25) is 4.98 Å². The molecule has 4 rings (SSSR count). The first kappa shape index (κ1) is 20.5. The second-order valence-corrected chi connectivity index (χ2v) is 9.14. The molecule has 0 radical (unpaired) electrons. The quantitative estimate of drug-likeness (QED) is 0.590. The summed E-state index contributed by atoms with van der Waals surface area (Å²) in [6, 6.07) is 6.06. The van der Waals surface area contributed by atoms with E-state index in [4.69, 9.17) is 4.52 Å². The molecule has 0 N–H and O–H groups in total. The molecule has 1 fully saturated rings. The van der Waals surface area contributed by atoms with Crippen molar-refractivity contribution in [2.75, 3.05) is 13.1 Å². The van der Waals surface area contributed by atoms with Crippen LogP contribution in [0.3, 0.4) is 0 Å². The summed E-state index contributed by atoms with van der Waals surface area (Å²) in [4.78, 5) is 7.83. The molecule has 0 spiro atoms. The zero-order valence-corrected chi connectivity index (χ0v) is 16.9. The standard InChI is InChI=1S/C20H20F2N4O3S/c21-16-4-5-18(17(22)12-16)30(27,28)26-11-1-2-14(13-26)3-6-19-24-20(29-25-19)15-7-9-23-10-8-15/h4-5,7-10,12,14H,1-3,6,11,13H2. The van der Waals surface area contributed by atoms with Crippen LogP contribution in [0.15, 0.2) is 52.1 Å². The average Bonchev–Trinajstić information content (AvgIpc) is 3.22. The lowest BCUT2D eigenvalue weighted by Crippen LogP contribution is -2.40. The Kier molecular flexibility index (Phi) is 5.87. The second-order valence-electron chi connectivity index (χ2n) is 7.24. The van der Waals surface area contributed by atoms with Crippen LogP contribution in [0.2, 0.25) is 0 Å². The number of piperidine rings is 1. The molecule has 1 aliphatic rings. The van der Waals surface area contributed by atoms with Crippen molar-refractivity contribution in [3.63, 3.8) is 0 Å². The predicted octanol–water partition coefficient (Wildman–Crippen LogP) is 3.44. The molecule has 158 valence electrons. The van der Waals surface area contributed by atoms with Crippen LogP contribution in [0.1, 0.15) is 25.1 Å². The van der Waals surface area contributed by atoms with E-state index in [1.165, 1.54) is 4.31 Å². The summed E-state index contributed by atoms with van der Waals surface area (Å²) in [5.74, 6) is -0.847. The molecule has 2 aromatic heterocycles. The van der Waals surface area contributed by atoms with Gasteiger partial charge in [0.15, 0.2) is 5.82 Å². The highest BCUT2D eigenvalue weighted by atomic mass is 32.2. The van der Waals surface area contributed by atoms with E-state index in [0.29, 0.717) is 43.6 Å². The van der Waals surface area contributed by atoms with Crippen molar-refractivity contribution in [1.29, 1.82) is 0 Å². The van der Waals surface area contributed by atoms with E-state index in [2.05, 4.69) is 15.1 Å². The summed E-state index contributed by atoms with van der Waals surface area (Å²) in [6.45, 7) is 0.582. The normalized spacial score (nSPS) is 17.9. The summed E-state index contributed by atoms with van der Waals surface area (Å²) in [5.41, 5.74) is 0.778. The van der Waals surface area contributed by atoms with Crippen LogP contribution >= 0.6 is 0 Å². The van der Waals surface area contributed by atoms with Gasteiger partial charge in [-0.15, -0.1) is 0 Å². The minimum absolute atomic E-state index is 0.0832. The lowest BCUT2D eigenvalue weighted by atomic mass is 9.94. The van der Waals surface area contributed by atoms with Crippen LogP contribution in [-0.2, 0) is 16.4 Å². The highest BCUT2D eigenvalue weighted by molar-refractivity contribution is 7.89. The van der Waals surface area contributed by atoms with Gasteiger partial charge in [-0.05, 0) is 49.4 Å². The van der Waals surface area contributed by atoms with Crippen LogP contribution in [0.25, 0.3) is 11.5 Å². The Labute approximate surface area is 172 Å². The molecule has 0 saturated carbocycles. The molecule has 10 heteroatoms. The van der Waals surface area contributed by atoms with Crippen molar-refractivity contribution in [3.8, 4) is 11.5 Å². The lowest BCUT2D eigenvalue weighted by molar-refractivity contribution is 0.254. The minimum Gasteiger partial charge on any atom is -0.334 e. The second kappa shape index (κ2) is 8.57. The van der Waals surface area contributed by atoms with Gasteiger partial charge in [-0.1, -0.05) is 5.16 Å². The number of hydrogen-bond acceptors (Lipinski definition) is 6. The van der Waals surface area contributed by atoms with Gasteiger partial charge in [-0.2, -0.15) is 9.29 Å². The van der Waals surface area contributed by atoms with Gasteiger partial charge in [-0.25, -0.2) is 17.2 Å². The van der Waals surface area contributed by atoms with Crippen molar-refractivity contribution in [3.05, 3.63) is 60.2 Å². The van der Waals surface area contributed by atoms with Crippen LogP contribution < -0.4 is 0 Å². The molecular formula is C20H20F2N4O3S. The number of hydrogen-bond donors (Lipinski definition) is 0. The Hall–Kier alpha value is -2.72. The Morgan fingerprint density at radius 2 is 1.97 bits per heavy atom. The Morgan fingerprint density at radius 3 is 2.73 bits per heavy atom. The minimum atomic E-state index is -4.02. The van der Waals surface area contributed by atoms with Crippen molar-refractivity contribution in [2.45, 2.75) is 30.6 Å². The zero-order chi connectivity index (χ0) is 21.1. The molecule has 0 amide bonds. The third-order valence-corrected chi connectivity index (χ3v) is 7.06. The molecule has 7 nitrogen and oxygen atoms in total. The maximum absolute atomic E-state index is 14.0. The first-order valence-electron chi connectivity index (χ1n) is 9.61. The molecule has 1 atom stereocenters. The monoisotopic (exact) mass is 434 g/mol. The first-order valence-corrected chi connectivity index (χ1v) is 11.1. The van der Waals surface area contributed by atoms with Crippen LogP contribution in [0, 0.1) is 17.6 Å². The molecule has 3 aromatic rings. The maximum atomic E-state index is 14.0. The Bertz CT molecular complexity index is 1120. The molecule has 1 aromatic carbocycles. The Balaban J connectivity index is 1.40. The van der Waals surface area contributed by atoms with Gasteiger partial charge < -0.3 is 4.52 Å². The fourth-order valence-electron chi connectivity index (χ4n) is 3.60. The predicted molar refractivity (Wildman–Crippen MR) is 104 cm³/mol. The number of sulfonamides is 1. The van der Waals surface area contributed by atoms with Crippen LogP contribution in [0.5, 0.6) is 0 Å². The molecule has 30 heavy (non-hydrogen) atoms. The van der Waals surface area contributed by atoms with Crippen molar-refractivity contribution in [1.82, 2.24) is 19.4 Å². The Morgan fingerprint density at radius 1 is 1.17 bits per heavy atom. The zero-order valence-electron chi connectivity index (χ0n) is 16.0. The summed E-state index contributed by atoms with van der Waals surface area (Å²) >= 11 is 0. The SMILES string of the molecule is O=S(=O)(c1ccc(F)cc1F)N1CCCC(CCc2noc(-c3ccncc3)n2)C1. The highest BCUT2D eigenvalue weighted by Crippen LogP contribution is 2.28. The summed E-state index contributed by atoms with van der Waals surface area (Å²) in [6.07, 6.45) is 6.01. The summed E-state index contributed by atoms with van der Waals surface area (Å²) < 4.78 is 59.4. The molecule has 1 unspecified atom stereocenters. The molecule has 3 heterocycles. The maximum Gasteiger partial charge on any atom is 0.258 e. The molecule has 0 bridgehead atoms. The van der Waals surface area contributed by atoms with Crippen molar-refractivity contribution >= 4 is 10.0 Å². The summed E-state index contributed by atoms with van der Waals surface area (Å²) in [5, 5.41) is 3.99. The van der Waals surface area contributed by atoms with Crippen LogP contribution in [0.4, 0.5) is 8.78 Å². The van der Waals surface area contributed by atoms with E-state index in [1.54, 1.807) is 24.5 Å². The molecular weight excluding hydrogens is 414 g/mol. The number of benzene rings is 1. The molecule has 0 aliphatic carbocycles. The molecule has 1 aliphatic heterocycles. The van der Waals surface area contributed by atoms with Crippen LogP contribution in [-0.4, -0.2) is 40.9 Å². The summed E-state index contributed by atoms with van der Waals surface area (Å²) in [7, 11) is -4.02. The lowest BCUT2D eigenvalue weighted by Gasteiger charge is -2.31. The van der Waals surface area contributed by atoms with E-state index < -0.39 is 26.6 Å².